The molecule has 3 unspecified atom stereocenters. The highest BCUT2D eigenvalue weighted by Gasteiger charge is 2.27. The van der Waals surface area contributed by atoms with E-state index in [4.69, 9.17) is 9.47 Å². The van der Waals surface area contributed by atoms with E-state index in [-0.39, 0.29) is 12.0 Å². The van der Waals surface area contributed by atoms with Crippen LogP contribution in [0.15, 0.2) is 0 Å². The molecule has 3 atom stereocenters. The first-order valence-electron chi connectivity index (χ1n) is 6.82. The Kier molecular flexibility index (Phi) is 7.70. The second-order valence-corrected chi connectivity index (χ2v) is 5.77. The fraction of sp³-hybridized carbons (Fsp3) is 0.923. The average Bonchev–Trinajstić information content (AvgIpc) is 2.75. The minimum Gasteiger partial charge on any atom is -0.465 e. The lowest BCUT2D eigenvalue weighted by atomic mass is 10.3. The van der Waals surface area contributed by atoms with Crippen molar-refractivity contribution in [1.82, 2.24) is 5.32 Å². The molecule has 0 aromatic rings. The third kappa shape index (κ3) is 5.16. The van der Waals surface area contributed by atoms with E-state index in [0.29, 0.717) is 18.0 Å². The summed E-state index contributed by atoms with van der Waals surface area (Å²) < 4.78 is 10.6. The van der Waals surface area contributed by atoms with E-state index in [1.165, 1.54) is 0 Å². The minimum atomic E-state index is -0.192. The van der Waals surface area contributed by atoms with E-state index in [9.17, 15) is 4.79 Å². The maximum absolute atomic E-state index is 11.8. The van der Waals surface area contributed by atoms with E-state index in [0.717, 1.165) is 31.7 Å². The summed E-state index contributed by atoms with van der Waals surface area (Å²) in [4.78, 5) is 11.8. The Bertz CT molecular complexity index is 250. The lowest BCUT2D eigenvalue weighted by molar-refractivity contribution is -0.144. The van der Waals surface area contributed by atoms with E-state index in [2.05, 4.69) is 19.2 Å². The van der Waals surface area contributed by atoms with Gasteiger partial charge in [-0.2, -0.15) is 11.8 Å². The van der Waals surface area contributed by atoms with Crippen LogP contribution in [-0.4, -0.2) is 48.9 Å². The largest absolute Gasteiger partial charge is 0.465 e. The number of hydrogen-bond acceptors (Lipinski definition) is 5. The second kappa shape index (κ2) is 8.77. The lowest BCUT2D eigenvalue weighted by Crippen LogP contribution is -2.41. The van der Waals surface area contributed by atoms with Gasteiger partial charge in [0.25, 0.3) is 0 Å². The number of nitrogens with one attached hydrogen (secondary N) is 1. The molecule has 0 bridgehead atoms. The van der Waals surface area contributed by atoms with Crippen molar-refractivity contribution >= 4 is 17.7 Å². The summed E-state index contributed by atoms with van der Waals surface area (Å²) in [6, 6.07) is -0.192. The maximum Gasteiger partial charge on any atom is 0.323 e. The zero-order valence-electron chi connectivity index (χ0n) is 11.6. The van der Waals surface area contributed by atoms with Crippen molar-refractivity contribution in [1.29, 1.82) is 0 Å². The number of thioether (sulfide) groups is 1. The van der Waals surface area contributed by atoms with Crippen molar-refractivity contribution in [2.45, 2.75) is 51.0 Å². The summed E-state index contributed by atoms with van der Waals surface area (Å²) in [5.41, 5.74) is 0. The molecule has 4 nitrogen and oxygen atoms in total. The molecule has 0 amide bonds. The summed E-state index contributed by atoms with van der Waals surface area (Å²) in [7, 11) is 0. The zero-order chi connectivity index (χ0) is 13.4. The topological polar surface area (TPSA) is 47.6 Å². The van der Waals surface area contributed by atoms with E-state index < -0.39 is 0 Å². The van der Waals surface area contributed by atoms with Gasteiger partial charge in [-0.3, -0.25) is 4.79 Å². The Labute approximate surface area is 114 Å². The van der Waals surface area contributed by atoms with Crippen molar-refractivity contribution in [2.75, 3.05) is 25.5 Å². The highest BCUT2D eigenvalue weighted by atomic mass is 32.2. The van der Waals surface area contributed by atoms with Crippen molar-refractivity contribution in [3.8, 4) is 0 Å². The van der Waals surface area contributed by atoms with Gasteiger partial charge in [-0.25, -0.2) is 0 Å². The molecular weight excluding hydrogens is 250 g/mol. The van der Waals surface area contributed by atoms with Crippen LogP contribution in [-0.2, 0) is 14.3 Å². The summed E-state index contributed by atoms with van der Waals surface area (Å²) in [5, 5.41) is 3.76. The molecule has 5 heteroatoms. The Morgan fingerprint density at radius 2 is 2.33 bits per heavy atom. The van der Waals surface area contributed by atoms with Gasteiger partial charge in [-0.15, -0.1) is 0 Å². The molecule has 1 aliphatic heterocycles. The molecule has 0 aromatic heterocycles. The quantitative estimate of drug-likeness (QED) is 0.685. The number of ether oxygens (including phenoxy) is 2. The van der Waals surface area contributed by atoms with Crippen LogP contribution in [0.2, 0.25) is 0 Å². The normalized spacial score (nSPS) is 25.1. The smallest absolute Gasteiger partial charge is 0.323 e. The van der Waals surface area contributed by atoms with Crippen LogP contribution < -0.4 is 5.32 Å². The maximum atomic E-state index is 11.8. The van der Waals surface area contributed by atoms with Gasteiger partial charge in [0.1, 0.15) is 6.04 Å². The number of esters is 1. The van der Waals surface area contributed by atoms with Gasteiger partial charge in [0, 0.05) is 17.6 Å². The first-order valence-corrected chi connectivity index (χ1v) is 7.87. The van der Waals surface area contributed by atoms with Crippen LogP contribution >= 0.6 is 11.8 Å². The van der Waals surface area contributed by atoms with Gasteiger partial charge in [-0.05, 0) is 33.2 Å². The third-order valence-electron chi connectivity index (χ3n) is 3.00. The molecule has 0 spiro atoms. The summed E-state index contributed by atoms with van der Waals surface area (Å²) >= 11 is 1.82. The highest BCUT2D eigenvalue weighted by molar-refractivity contribution is 8.00. The van der Waals surface area contributed by atoms with Crippen LogP contribution in [0, 0.1) is 0 Å². The van der Waals surface area contributed by atoms with E-state index in [1.54, 1.807) is 0 Å². The molecule has 1 aliphatic rings. The van der Waals surface area contributed by atoms with Crippen molar-refractivity contribution in [3.05, 3.63) is 0 Å². The van der Waals surface area contributed by atoms with Crippen LogP contribution in [0.4, 0.5) is 0 Å². The fourth-order valence-electron chi connectivity index (χ4n) is 1.92. The van der Waals surface area contributed by atoms with Crippen molar-refractivity contribution in [2.24, 2.45) is 0 Å². The van der Waals surface area contributed by atoms with Gasteiger partial charge in [0.15, 0.2) is 0 Å². The average molecular weight is 275 g/mol. The highest BCUT2D eigenvalue weighted by Crippen LogP contribution is 2.26. The Hall–Kier alpha value is -0.260. The molecule has 1 N–H and O–H groups in total. The molecular formula is C13H25NO3S. The molecule has 1 rings (SSSR count). The predicted molar refractivity (Wildman–Crippen MR) is 75.0 cm³/mol. The fourth-order valence-corrected chi connectivity index (χ4v) is 3.23. The van der Waals surface area contributed by atoms with Gasteiger partial charge >= 0.3 is 5.97 Å². The van der Waals surface area contributed by atoms with Gasteiger partial charge < -0.3 is 14.8 Å². The number of rotatable bonds is 8. The summed E-state index contributed by atoms with van der Waals surface area (Å²) in [5.74, 6) is 0.627. The Morgan fingerprint density at radius 3 is 2.89 bits per heavy atom. The SMILES string of the molecule is CCCNC(CSC1CCOC1C)C(=O)OCC. The predicted octanol–water partition coefficient (Wildman–Crippen LogP) is 1.83. The van der Waals surface area contributed by atoms with Crippen LogP contribution in [0.3, 0.4) is 0 Å². The second-order valence-electron chi connectivity index (χ2n) is 4.50. The van der Waals surface area contributed by atoms with Crippen LogP contribution in [0.1, 0.15) is 33.6 Å². The molecule has 106 valence electrons. The number of carbonyl (C=O) groups is 1. The van der Waals surface area contributed by atoms with Gasteiger partial charge in [0.05, 0.1) is 12.7 Å². The van der Waals surface area contributed by atoms with Gasteiger partial charge in [-0.1, -0.05) is 6.92 Å². The summed E-state index contributed by atoms with van der Waals surface area (Å²) in [6.45, 7) is 8.16. The molecule has 1 heterocycles. The first kappa shape index (κ1) is 15.8. The number of carbonyl (C=O) groups excluding carboxylic acids is 1. The standard InChI is InChI=1S/C13H25NO3S/c1-4-7-14-11(13(15)16-5-2)9-18-12-6-8-17-10(12)3/h10-12,14H,4-9H2,1-3H3. The first-order chi connectivity index (χ1) is 8.69. The summed E-state index contributed by atoms with van der Waals surface area (Å²) in [6.07, 6.45) is 2.39. The monoisotopic (exact) mass is 275 g/mol. The molecule has 0 radical (unpaired) electrons. The van der Waals surface area contributed by atoms with E-state index >= 15 is 0 Å². The van der Waals surface area contributed by atoms with Crippen molar-refractivity contribution < 1.29 is 14.3 Å². The Balaban J connectivity index is 2.37. The lowest BCUT2D eigenvalue weighted by Gasteiger charge is -2.19. The zero-order valence-corrected chi connectivity index (χ0v) is 12.4. The van der Waals surface area contributed by atoms with Crippen molar-refractivity contribution in [3.63, 3.8) is 0 Å². The third-order valence-corrected chi connectivity index (χ3v) is 4.57. The van der Waals surface area contributed by atoms with Gasteiger partial charge in [0.2, 0.25) is 0 Å². The molecule has 18 heavy (non-hydrogen) atoms. The Morgan fingerprint density at radius 1 is 1.56 bits per heavy atom. The molecule has 0 aliphatic carbocycles. The molecule has 0 saturated carbocycles. The molecule has 1 saturated heterocycles. The molecule has 0 aromatic carbocycles. The number of hydrogen-bond donors (Lipinski definition) is 1. The molecule has 1 fully saturated rings. The van der Waals surface area contributed by atoms with E-state index in [1.807, 2.05) is 18.7 Å². The van der Waals surface area contributed by atoms with Crippen LogP contribution in [0.5, 0.6) is 0 Å². The minimum absolute atomic E-state index is 0.134. The van der Waals surface area contributed by atoms with Crippen LogP contribution in [0.25, 0.3) is 0 Å².